The molecular formula is C15H17N3O. The largest absolute Gasteiger partial charge is 0.310 e. The third-order valence-corrected chi connectivity index (χ3v) is 3.70. The maximum absolute atomic E-state index is 12.0. The first-order chi connectivity index (χ1) is 9.15. The first kappa shape index (κ1) is 12.1. The van der Waals surface area contributed by atoms with Gasteiger partial charge in [0.2, 0.25) is 0 Å². The van der Waals surface area contributed by atoms with Crippen LogP contribution < -0.4 is 5.56 Å². The lowest BCUT2D eigenvalue weighted by Gasteiger charge is -2.20. The summed E-state index contributed by atoms with van der Waals surface area (Å²) >= 11 is 0. The summed E-state index contributed by atoms with van der Waals surface area (Å²) in [4.78, 5) is 21.5. The van der Waals surface area contributed by atoms with Crippen LogP contribution in [0, 0.1) is 6.92 Å². The average molecular weight is 255 g/mol. The van der Waals surface area contributed by atoms with Gasteiger partial charge in [-0.15, -0.1) is 0 Å². The van der Waals surface area contributed by atoms with E-state index in [1.807, 2.05) is 25.1 Å². The van der Waals surface area contributed by atoms with Crippen molar-refractivity contribution in [2.75, 3.05) is 0 Å². The van der Waals surface area contributed by atoms with Crippen LogP contribution in [0.15, 0.2) is 35.1 Å². The van der Waals surface area contributed by atoms with Gasteiger partial charge in [-0.25, -0.2) is 4.98 Å². The highest BCUT2D eigenvalue weighted by Crippen LogP contribution is 2.30. The molecule has 0 saturated heterocycles. The van der Waals surface area contributed by atoms with E-state index in [1.165, 1.54) is 5.56 Å². The van der Waals surface area contributed by atoms with Crippen molar-refractivity contribution in [3.05, 3.63) is 63.3 Å². The van der Waals surface area contributed by atoms with Crippen molar-refractivity contribution in [3.63, 3.8) is 0 Å². The first-order valence-electron chi connectivity index (χ1n) is 6.53. The maximum Gasteiger partial charge on any atom is 0.255 e. The SMILES string of the molecule is Cc1nc2c(c(=O)[nH]1)C(C)N(Cc1ccccc1)C2. The Morgan fingerprint density at radius 2 is 2.11 bits per heavy atom. The van der Waals surface area contributed by atoms with Gasteiger partial charge >= 0.3 is 0 Å². The molecule has 2 aromatic rings. The fourth-order valence-electron chi connectivity index (χ4n) is 2.73. The van der Waals surface area contributed by atoms with E-state index in [0.29, 0.717) is 5.82 Å². The van der Waals surface area contributed by atoms with Crippen LogP contribution in [0.1, 0.15) is 35.6 Å². The minimum Gasteiger partial charge on any atom is -0.310 e. The monoisotopic (exact) mass is 255 g/mol. The second kappa shape index (κ2) is 4.63. The zero-order valence-electron chi connectivity index (χ0n) is 11.2. The van der Waals surface area contributed by atoms with E-state index in [9.17, 15) is 4.79 Å². The minimum atomic E-state index is 0.00515. The molecule has 3 rings (SSSR count). The summed E-state index contributed by atoms with van der Waals surface area (Å²) < 4.78 is 0. The second-order valence-electron chi connectivity index (χ2n) is 5.08. The molecule has 1 aromatic heterocycles. The Morgan fingerprint density at radius 3 is 2.84 bits per heavy atom. The number of aromatic nitrogens is 2. The molecule has 0 saturated carbocycles. The average Bonchev–Trinajstić information content (AvgIpc) is 2.67. The quantitative estimate of drug-likeness (QED) is 0.894. The van der Waals surface area contributed by atoms with Crippen molar-refractivity contribution in [2.45, 2.75) is 33.0 Å². The van der Waals surface area contributed by atoms with Gasteiger partial charge in [-0.3, -0.25) is 9.69 Å². The number of nitrogens with one attached hydrogen (secondary N) is 1. The van der Waals surface area contributed by atoms with Gasteiger partial charge in [-0.1, -0.05) is 30.3 Å². The van der Waals surface area contributed by atoms with Crippen LogP contribution in [-0.4, -0.2) is 14.9 Å². The lowest BCUT2D eigenvalue weighted by molar-refractivity contribution is 0.218. The van der Waals surface area contributed by atoms with Gasteiger partial charge in [0.05, 0.1) is 11.3 Å². The predicted octanol–water partition coefficient (Wildman–Crippen LogP) is 2.16. The second-order valence-corrected chi connectivity index (χ2v) is 5.08. The zero-order valence-corrected chi connectivity index (χ0v) is 11.2. The normalized spacial score (nSPS) is 18.5. The van der Waals surface area contributed by atoms with E-state index < -0.39 is 0 Å². The number of nitrogens with zero attached hydrogens (tertiary/aromatic N) is 2. The van der Waals surface area contributed by atoms with Gasteiger partial charge < -0.3 is 4.98 Å². The van der Waals surface area contributed by atoms with E-state index >= 15 is 0 Å². The third-order valence-electron chi connectivity index (χ3n) is 3.70. The Morgan fingerprint density at radius 1 is 1.37 bits per heavy atom. The van der Waals surface area contributed by atoms with Gasteiger partial charge in [-0.05, 0) is 19.4 Å². The molecule has 0 spiro atoms. The smallest absolute Gasteiger partial charge is 0.255 e. The summed E-state index contributed by atoms with van der Waals surface area (Å²) in [6.45, 7) is 5.49. The van der Waals surface area contributed by atoms with E-state index in [4.69, 9.17) is 0 Å². The molecule has 19 heavy (non-hydrogen) atoms. The summed E-state index contributed by atoms with van der Waals surface area (Å²) in [6, 6.07) is 10.4. The highest BCUT2D eigenvalue weighted by atomic mass is 16.1. The molecule has 98 valence electrons. The Kier molecular flexibility index (Phi) is 2.95. The number of fused-ring (bicyclic) bond motifs is 1. The van der Waals surface area contributed by atoms with Crippen LogP contribution >= 0.6 is 0 Å². The topological polar surface area (TPSA) is 49.0 Å². The number of benzene rings is 1. The minimum absolute atomic E-state index is 0.00515. The van der Waals surface area contributed by atoms with Crippen LogP contribution in [0.3, 0.4) is 0 Å². The molecule has 1 N–H and O–H groups in total. The molecular weight excluding hydrogens is 238 g/mol. The molecule has 1 aromatic carbocycles. The fraction of sp³-hybridized carbons (Fsp3) is 0.333. The summed E-state index contributed by atoms with van der Waals surface area (Å²) in [5, 5.41) is 0. The van der Waals surface area contributed by atoms with Crippen LogP contribution in [-0.2, 0) is 13.1 Å². The zero-order chi connectivity index (χ0) is 13.4. The van der Waals surface area contributed by atoms with Crippen LogP contribution in [0.25, 0.3) is 0 Å². The highest BCUT2D eigenvalue weighted by Gasteiger charge is 2.30. The molecule has 0 radical (unpaired) electrons. The van der Waals surface area contributed by atoms with Gasteiger partial charge in [-0.2, -0.15) is 0 Å². The number of H-pyrrole nitrogens is 1. The Hall–Kier alpha value is -1.94. The summed E-state index contributed by atoms with van der Waals surface area (Å²) in [5.74, 6) is 0.692. The van der Waals surface area contributed by atoms with Crippen LogP contribution in [0.5, 0.6) is 0 Å². The number of hydrogen-bond acceptors (Lipinski definition) is 3. The fourth-order valence-corrected chi connectivity index (χ4v) is 2.73. The molecule has 1 atom stereocenters. The Bertz CT molecular complexity index is 648. The summed E-state index contributed by atoms with van der Waals surface area (Å²) in [6.07, 6.45) is 0. The van der Waals surface area contributed by atoms with E-state index in [2.05, 4.69) is 33.9 Å². The molecule has 0 fully saturated rings. The van der Waals surface area contributed by atoms with Crippen molar-refractivity contribution in [1.29, 1.82) is 0 Å². The number of aromatic amines is 1. The van der Waals surface area contributed by atoms with Gasteiger partial charge in [0.1, 0.15) is 5.82 Å². The van der Waals surface area contributed by atoms with E-state index in [1.54, 1.807) is 0 Å². The maximum atomic E-state index is 12.0. The molecule has 4 heteroatoms. The molecule has 1 unspecified atom stereocenters. The molecule has 1 aliphatic rings. The molecule has 0 amide bonds. The van der Waals surface area contributed by atoms with Crippen LogP contribution in [0.4, 0.5) is 0 Å². The number of rotatable bonds is 2. The van der Waals surface area contributed by atoms with Gasteiger partial charge in [0.15, 0.2) is 0 Å². The lowest BCUT2D eigenvalue weighted by atomic mass is 10.1. The molecule has 4 nitrogen and oxygen atoms in total. The van der Waals surface area contributed by atoms with E-state index in [-0.39, 0.29) is 11.6 Å². The summed E-state index contributed by atoms with van der Waals surface area (Å²) in [5.41, 5.74) is 3.01. The third kappa shape index (κ3) is 2.19. The standard InChI is InChI=1S/C15H17N3O/c1-10-14-13(16-11(2)17-15(14)19)9-18(10)8-12-6-4-3-5-7-12/h3-7,10H,8-9H2,1-2H3,(H,16,17,19). The lowest BCUT2D eigenvalue weighted by Crippen LogP contribution is -2.22. The molecule has 0 aliphatic carbocycles. The van der Waals surface area contributed by atoms with E-state index in [0.717, 1.165) is 24.3 Å². The molecule has 2 heterocycles. The van der Waals surface area contributed by atoms with Crippen LogP contribution in [0.2, 0.25) is 0 Å². The Balaban J connectivity index is 1.89. The van der Waals surface area contributed by atoms with Crippen molar-refractivity contribution < 1.29 is 0 Å². The van der Waals surface area contributed by atoms with Gasteiger partial charge in [0.25, 0.3) is 5.56 Å². The van der Waals surface area contributed by atoms with Crippen molar-refractivity contribution in [1.82, 2.24) is 14.9 Å². The molecule has 0 bridgehead atoms. The van der Waals surface area contributed by atoms with Crippen molar-refractivity contribution >= 4 is 0 Å². The van der Waals surface area contributed by atoms with Crippen molar-refractivity contribution in [3.8, 4) is 0 Å². The molecule has 1 aliphatic heterocycles. The highest BCUT2D eigenvalue weighted by molar-refractivity contribution is 5.27. The number of hydrogen-bond donors (Lipinski definition) is 1. The Labute approximate surface area is 112 Å². The van der Waals surface area contributed by atoms with Gasteiger partial charge in [0, 0.05) is 19.1 Å². The number of aryl methyl sites for hydroxylation is 1. The first-order valence-corrected chi connectivity index (χ1v) is 6.53. The predicted molar refractivity (Wildman–Crippen MR) is 73.7 cm³/mol. The summed E-state index contributed by atoms with van der Waals surface area (Å²) in [7, 11) is 0. The van der Waals surface area contributed by atoms with Crippen molar-refractivity contribution in [2.24, 2.45) is 0 Å².